The van der Waals surface area contributed by atoms with Crippen molar-refractivity contribution in [1.82, 2.24) is 19.4 Å². The summed E-state index contributed by atoms with van der Waals surface area (Å²) in [7, 11) is 2.14. The molecule has 3 heterocycles. The Morgan fingerprint density at radius 2 is 2.08 bits per heavy atom. The first kappa shape index (κ1) is 16.1. The summed E-state index contributed by atoms with van der Waals surface area (Å²) in [5.74, 6) is 1.03. The fourth-order valence-corrected chi connectivity index (χ4v) is 3.71. The fraction of sp³-hybridized carbons (Fsp3) is 0.474. The Bertz CT molecular complexity index is 736. The molecule has 1 aromatic carbocycles. The molecule has 1 saturated heterocycles. The summed E-state index contributed by atoms with van der Waals surface area (Å²) in [4.78, 5) is 21.2. The molecule has 6 heteroatoms. The van der Waals surface area contributed by atoms with Crippen LogP contribution in [0.5, 0.6) is 5.75 Å². The molecule has 2 aliphatic rings. The van der Waals surface area contributed by atoms with Crippen molar-refractivity contribution < 1.29 is 9.53 Å². The minimum Gasteiger partial charge on any atom is -0.485 e. The molecular formula is C19H24N4O2. The van der Waals surface area contributed by atoms with Crippen LogP contribution in [0.15, 0.2) is 43.0 Å². The summed E-state index contributed by atoms with van der Waals surface area (Å²) in [5, 5.41) is 0. The molecule has 1 spiro atoms. The van der Waals surface area contributed by atoms with Gasteiger partial charge in [0.05, 0.1) is 12.9 Å². The molecule has 1 aromatic heterocycles. The summed E-state index contributed by atoms with van der Waals surface area (Å²) in [6, 6.07) is 8.10. The average molecular weight is 340 g/mol. The number of benzene rings is 1. The van der Waals surface area contributed by atoms with E-state index in [0.29, 0.717) is 19.6 Å². The van der Waals surface area contributed by atoms with Gasteiger partial charge in [-0.15, -0.1) is 0 Å². The number of hydrogen-bond acceptors (Lipinski definition) is 4. The lowest BCUT2D eigenvalue weighted by Gasteiger charge is -2.41. The number of piperidine rings is 1. The zero-order chi connectivity index (χ0) is 17.3. The maximum Gasteiger partial charge on any atom is 0.242 e. The van der Waals surface area contributed by atoms with E-state index in [-0.39, 0.29) is 11.5 Å². The van der Waals surface area contributed by atoms with Crippen LogP contribution in [0.25, 0.3) is 0 Å². The van der Waals surface area contributed by atoms with Crippen LogP contribution in [-0.2, 0) is 17.9 Å². The van der Waals surface area contributed by atoms with Crippen LogP contribution in [-0.4, -0.2) is 57.5 Å². The van der Waals surface area contributed by atoms with E-state index in [1.807, 2.05) is 33.9 Å². The molecule has 2 aliphatic heterocycles. The number of ether oxygens (including phenoxy) is 1. The highest BCUT2D eigenvalue weighted by atomic mass is 16.5. The fourth-order valence-electron chi connectivity index (χ4n) is 3.71. The van der Waals surface area contributed by atoms with Crippen molar-refractivity contribution in [2.75, 3.05) is 26.7 Å². The van der Waals surface area contributed by atoms with E-state index in [4.69, 9.17) is 4.74 Å². The zero-order valence-corrected chi connectivity index (χ0v) is 14.6. The lowest BCUT2D eigenvalue weighted by atomic mass is 9.90. The van der Waals surface area contributed by atoms with E-state index in [1.165, 1.54) is 0 Å². The summed E-state index contributed by atoms with van der Waals surface area (Å²) < 4.78 is 8.33. The van der Waals surface area contributed by atoms with Gasteiger partial charge in [0.15, 0.2) is 0 Å². The predicted octanol–water partition coefficient (Wildman–Crippen LogP) is 1.77. The Balaban J connectivity index is 1.61. The first-order chi connectivity index (χ1) is 12.1. The number of hydrogen-bond donors (Lipinski definition) is 0. The molecule has 0 aliphatic carbocycles. The molecular weight excluding hydrogens is 316 g/mol. The van der Waals surface area contributed by atoms with Gasteiger partial charge in [0, 0.05) is 50.4 Å². The van der Waals surface area contributed by atoms with E-state index in [1.54, 1.807) is 12.5 Å². The van der Waals surface area contributed by atoms with Crippen molar-refractivity contribution in [3.05, 3.63) is 48.5 Å². The maximum absolute atomic E-state index is 12.9. The molecule has 0 saturated carbocycles. The van der Waals surface area contributed by atoms with Gasteiger partial charge in [-0.3, -0.25) is 4.79 Å². The number of amides is 1. The number of carbonyl (C=O) groups is 1. The lowest BCUT2D eigenvalue weighted by molar-refractivity contribution is -0.135. The van der Waals surface area contributed by atoms with Gasteiger partial charge in [-0.1, -0.05) is 18.2 Å². The van der Waals surface area contributed by atoms with E-state index < -0.39 is 0 Å². The summed E-state index contributed by atoms with van der Waals surface area (Å²) in [6.07, 6.45) is 7.09. The topological polar surface area (TPSA) is 50.6 Å². The Morgan fingerprint density at radius 1 is 1.28 bits per heavy atom. The lowest BCUT2D eigenvalue weighted by Crippen LogP contribution is -2.53. The smallest absolute Gasteiger partial charge is 0.242 e. The number of para-hydroxylation sites is 1. The summed E-state index contributed by atoms with van der Waals surface area (Å²) >= 11 is 0. The number of imidazole rings is 1. The number of aromatic nitrogens is 2. The zero-order valence-electron chi connectivity index (χ0n) is 14.6. The molecule has 0 atom stereocenters. The van der Waals surface area contributed by atoms with Crippen LogP contribution in [0.4, 0.5) is 0 Å². The first-order valence-electron chi connectivity index (χ1n) is 8.83. The molecule has 6 nitrogen and oxygen atoms in total. The molecule has 1 fully saturated rings. The molecule has 132 valence electrons. The molecule has 0 N–H and O–H groups in total. The Hall–Kier alpha value is -2.34. The standard InChI is InChI=1S/C19H24N4O2/c1-21-9-6-19(7-10-21)14-23(18(24)13-22-11-8-20-15-22)12-16-4-2-3-5-17(16)25-19/h2-5,8,11,15H,6-7,9-10,12-14H2,1H3. The number of nitrogens with zero attached hydrogens (tertiary/aromatic N) is 4. The van der Waals surface area contributed by atoms with Crippen LogP contribution in [0, 0.1) is 0 Å². The molecule has 2 aromatic rings. The number of carbonyl (C=O) groups excluding carboxylic acids is 1. The van der Waals surface area contributed by atoms with Gasteiger partial charge in [0.1, 0.15) is 17.9 Å². The van der Waals surface area contributed by atoms with Crippen molar-refractivity contribution in [3.63, 3.8) is 0 Å². The molecule has 0 bridgehead atoms. The van der Waals surface area contributed by atoms with Crippen LogP contribution >= 0.6 is 0 Å². The van der Waals surface area contributed by atoms with Crippen molar-refractivity contribution >= 4 is 5.91 Å². The van der Waals surface area contributed by atoms with Crippen LogP contribution in [0.2, 0.25) is 0 Å². The second kappa shape index (κ2) is 6.52. The van der Waals surface area contributed by atoms with E-state index in [9.17, 15) is 4.79 Å². The average Bonchev–Trinajstić information content (AvgIpc) is 3.05. The van der Waals surface area contributed by atoms with Gasteiger partial charge in [-0.2, -0.15) is 0 Å². The summed E-state index contributed by atoms with van der Waals surface area (Å²) in [5.41, 5.74) is 0.793. The Labute approximate surface area is 148 Å². The quantitative estimate of drug-likeness (QED) is 0.836. The SMILES string of the molecule is CN1CCC2(CC1)CN(C(=O)Cn1ccnc1)Cc1ccccc1O2. The highest BCUT2D eigenvalue weighted by Crippen LogP contribution is 2.35. The van der Waals surface area contributed by atoms with Crippen molar-refractivity contribution in [1.29, 1.82) is 0 Å². The van der Waals surface area contributed by atoms with Gasteiger partial charge in [-0.25, -0.2) is 4.98 Å². The number of rotatable bonds is 2. The highest BCUT2D eigenvalue weighted by Gasteiger charge is 2.41. The monoisotopic (exact) mass is 340 g/mol. The van der Waals surface area contributed by atoms with Gasteiger partial charge in [-0.05, 0) is 13.1 Å². The highest BCUT2D eigenvalue weighted by molar-refractivity contribution is 5.76. The minimum absolute atomic E-state index is 0.108. The van der Waals surface area contributed by atoms with Crippen molar-refractivity contribution in [2.24, 2.45) is 0 Å². The largest absolute Gasteiger partial charge is 0.485 e. The third-order valence-corrected chi connectivity index (χ3v) is 5.27. The molecule has 4 rings (SSSR count). The van der Waals surface area contributed by atoms with Crippen LogP contribution < -0.4 is 4.74 Å². The van der Waals surface area contributed by atoms with Gasteiger partial charge < -0.3 is 19.1 Å². The molecule has 0 unspecified atom stereocenters. The Kier molecular flexibility index (Phi) is 4.21. The van der Waals surface area contributed by atoms with Gasteiger partial charge >= 0.3 is 0 Å². The van der Waals surface area contributed by atoms with Crippen molar-refractivity contribution in [2.45, 2.75) is 31.5 Å². The van der Waals surface area contributed by atoms with Gasteiger partial charge in [0.2, 0.25) is 5.91 Å². The third kappa shape index (κ3) is 3.39. The predicted molar refractivity (Wildman–Crippen MR) is 94.2 cm³/mol. The second-order valence-corrected chi connectivity index (χ2v) is 7.18. The van der Waals surface area contributed by atoms with Crippen LogP contribution in [0.1, 0.15) is 18.4 Å². The van der Waals surface area contributed by atoms with Crippen LogP contribution in [0.3, 0.4) is 0 Å². The van der Waals surface area contributed by atoms with E-state index >= 15 is 0 Å². The third-order valence-electron chi connectivity index (χ3n) is 5.27. The van der Waals surface area contributed by atoms with Gasteiger partial charge in [0.25, 0.3) is 0 Å². The Morgan fingerprint density at radius 3 is 2.84 bits per heavy atom. The molecule has 0 radical (unpaired) electrons. The molecule has 1 amide bonds. The number of likely N-dealkylation sites (tertiary alicyclic amines) is 1. The summed E-state index contributed by atoms with van der Waals surface area (Å²) in [6.45, 7) is 3.54. The molecule has 25 heavy (non-hydrogen) atoms. The maximum atomic E-state index is 12.9. The first-order valence-corrected chi connectivity index (χ1v) is 8.83. The van der Waals surface area contributed by atoms with E-state index in [2.05, 4.69) is 23.0 Å². The normalized spacial score (nSPS) is 20.0. The second-order valence-electron chi connectivity index (χ2n) is 7.18. The number of fused-ring (bicyclic) bond motifs is 1. The van der Waals surface area contributed by atoms with Crippen molar-refractivity contribution in [3.8, 4) is 5.75 Å². The minimum atomic E-state index is -0.288. The van der Waals surface area contributed by atoms with E-state index in [0.717, 1.165) is 37.2 Å².